The zero-order valence-corrected chi connectivity index (χ0v) is 19.9. The number of thiazole rings is 1. The molecule has 0 amide bonds. The number of allylic oxidation sites excluding steroid dienone is 1. The number of phenolic OH excluding ortho intramolecular Hbond substituents is 1. The topological polar surface area (TPSA) is 142 Å². The molecule has 0 bridgehead atoms. The van der Waals surface area contributed by atoms with Gasteiger partial charge in [-0.2, -0.15) is 0 Å². The summed E-state index contributed by atoms with van der Waals surface area (Å²) in [4.78, 5) is 42.0. The second-order valence-corrected chi connectivity index (χ2v) is 8.93. The van der Waals surface area contributed by atoms with Crippen LogP contribution in [0.1, 0.15) is 31.0 Å². The lowest BCUT2D eigenvalue weighted by Gasteiger charge is -2.24. The third-order valence-electron chi connectivity index (χ3n) is 5.72. The minimum Gasteiger partial charge on any atom is -0.502 e. The summed E-state index contributed by atoms with van der Waals surface area (Å²) in [6.07, 6.45) is 1.48. The van der Waals surface area contributed by atoms with Gasteiger partial charge in [0.1, 0.15) is 0 Å². The lowest BCUT2D eigenvalue weighted by Crippen LogP contribution is -2.39. The Hall–Kier alpha value is -4.45. The van der Waals surface area contributed by atoms with Gasteiger partial charge >= 0.3 is 11.7 Å². The fourth-order valence-corrected chi connectivity index (χ4v) is 5.16. The van der Waals surface area contributed by atoms with Crippen molar-refractivity contribution in [1.82, 2.24) is 4.57 Å². The van der Waals surface area contributed by atoms with Crippen LogP contribution in [0.15, 0.2) is 57.5 Å². The van der Waals surface area contributed by atoms with Crippen molar-refractivity contribution in [3.8, 4) is 17.2 Å². The van der Waals surface area contributed by atoms with E-state index >= 15 is 0 Å². The number of nitro groups is 1. The Morgan fingerprint density at radius 2 is 2.08 bits per heavy atom. The molecule has 0 fully saturated rings. The SMILES string of the molecule is CCOC(=O)C1=C(C)N=c2s/c(=C\c3ccc(O)c([N+](=O)[O-])c3)c(=O)n2[C@H]1c1ccc2c(c1)OCO2. The highest BCUT2D eigenvalue weighted by molar-refractivity contribution is 7.07. The summed E-state index contributed by atoms with van der Waals surface area (Å²) in [6.45, 7) is 3.58. The first-order chi connectivity index (χ1) is 17.3. The van der Waals surface area contributed by atoms with E-state index in [9.17, 15) is 24.8 Å². The number of esters is 1. The highest BCUT2D eigenvalue weighted by Crippen LogP contribution is 2.38. The first-order valence-electron chi connectivity index (χ1n) is 10.8. The summed E-state index contributed by atoms with van der Waals surface area (Å²) in [5.74, 6) is -0.0247. The molecule has 0 saturated carbocycles. The largest absolute Gasteiger partial charge is 0.502 e. The Kier molecular flexibility index (Phi) is 5.80. The number of carbonyl (C=O) groups excluding carboxylic acids is 1. The van der Waals surface area contributed by atoms with Crippen molar-refractivity contribution >= 4 is 29.1 Å². The van der Waals surface area contributed by atoms with Crippen LogP contribution in [0.3, 0.4) is 0 Å². The first kappa shape index (κ1) is 23.3. The molecule has 11 nitrogen and oxygen atoms in total. The number of fused-ring (bicyclic) bond motifs is 2. The summed E-state index contributed by atoms with van der Waals surface area (Å²) < 4.78 is 17.8. The van der Waals surface area contributed by atoms with Crippen molar-refractivity contribution in [3.05, 3.63) is 88.6 Å². The van der Waals surface area contributed by atoms with Gasteiger partial charge in [0, 0.05) is 6.07 Å². The Labute approximate surface area is 207 Å². The molecule has 0 unspecified atom stereocenters. The van der Waals surface area contributed by atoms with E-state index in [-0.39, 0.29) is 23.5 Å². The molecular formula is C24H19N3O8S. The van der Waals surface area contributed by atoms with Crippen LogP contribution < -0.4 is 24.4 Å². The Bertz CT molecular complexity index is 1640. The van der Waals surface area contributed by atoms with E-state index in [0.717, 1.165) is 11.3 Å². The van der Waals surface area contributed by atoms with Gasteiger partial charge < -0.3 is 19.3 Å². The van der Waals surface area contributed by atoms with E-state index < -0.39 is 33.9 Å². The maximum Gasteiger partial charge on any atom is 0.338 e. The second kappa shape index (κ2) is 8.96. The Morgan fingerprint density at radius 1 is 1.31 bits per heavy atom. The minimum absolute atomic E-state index is 0.0694. The fourth-order valence-electron chi connectivity index (χ4n) is 4.12. The van der Waals surface area contributed by atoms with Gasteiger partial charge in [-0.05, 0) is 49.2 Å². The van der Waals surface area contributed by atoms with Gasteiger partial charge in [0.15, 0.2) is 22.0 Å². The van der Waals surface area contributed by atoms with Gasteiger partial charge in [0.05, 0.1) is 33.4 Å². The number of aromatic nitrogens is 1. The molecule has 12 heteroatoms. The summed E-state index contributed by atoms with van der Waals surface area (Å²) in [5, 5.41) is 20.9. The maximum atomic E-state index is 13.6. The van der Waals surface area contributed by atoms with E-state index in [4.69, 9.17) is 14.2 Å². The predicted molar refractivity (Wildman–Crippen MR) is 128 cm³/mol. The number of aromatic hydroxyl groups is 1. The smallest absolute Gasteiger partial charge is 0.338 e. The molecule has 0 saturated heterocycles. The zero-order valence-electron chi connectivity index (χ0n) is 19.1. The summed E-state index contributed by atoms with van der Waals surface area (Å²) in [6, 6.07) is 8.16. The van der Waals surface area contributed by atoms with Crippen LogP contribution in [0.4, 0.5) is 5.69 Å². The van der Waals surface area contributed by atoms with Gasteiger partial charge in [0.25, 0.3) is 5.56 Å². The van der Waals surface area contributed by atoms with E-state index in [0.29, 0.717) is 33.1 Å². The van der Waals surface area contributed by atoms with E-state index in [1.807, 2.05) is 0 Å². The van der Waals surface area contributed by atoms with Gasteiger partial charge in [-0.15, -0.1) is 0 Å². The maximum absolute atomic E-state index is 13.6. The van der Waals surface area contributed by atoms with Gasteiger partial charge in [-0.1, -0.05) is 23.5 Å². The number of ether oxygens (including phenoxy) is 3. The van der Waals surface area contributed by atoms with Crippen LogP contribution in [0.5, 0.6) is 17.2 Å². The molecule has 36 heavy (non-hydrogen) atoms. The summed E-state index contributed by atoms with van der Waals surface area (Å²) >= 11 is 1.08. The molecule has 0 radical (unpaired) electrons. The Balaban J connectivity index is 1.71. The zero-order chi connectivity index (χ0) is 25.6. The number of hydrogen-bond acceptors (Lipinski definition) is 10. The molecule has 2 aliphatic rings. The van der Waals surface area contributed by atoms with Crippen molar-refractivity contribution in [2.75, 3.05) is 13.4 Å². The molecule has 2 aromatic carbocycles. The number of rotatable bonds is 5. The average Bonchev–Trinajstić information content (AvgIpc) is 3.43. The molecule has 1 N–H and O–H groups in total. The van der Waals surface area contributed by atoms with Crippen molar-refractivity contribution in [2.24, 2.45) is 4.99 Å². The molecule has 5 rings (SSSR count). The monoisotopic (exact) mass is 509 g/mol. The average molecular weight is 509 g/mol. The molecule has 1 atom stereocenters. The van der Waals surface area contributed by atoms with Gasteiger partial charge in [-0.3, -0.25) is 19.5 Å². The summed E-state index contributed by atoms with van der Waals surface area (Å²) in [7, 11) is 0. The quantitative estimate of drug-likeness (QED) is 0.313. The lowest BCUT2D eigenvalue weighted by atomic mass is 9.95. The molecule has 0 aliphatic carbocycles. The molecule has 1 aromatic heterocycles. The third kappa shape index (κ3) is 3.90. The van der Waals surface area contributed by atoms with Crippen LogP contribution in [0.2, 0.25) is 0 Å². The van der Waals surface area contributed by atoms with Crippen molar-refractivity contribution < 1.29 is 29.0 Å². The van der Waals surface area contributed by atoms with Gasteiger partial charge in [-0.25, -0.2) is 9.79 Å². The molecule has 3 aromatic rings. The van der Waals surface area contributed by atoms with Crippen LogP contribution >= 0.6 is 11.3 Å². The third-order valence-corrected chi connectivity index (χ3v) is 6.71. The summed E-state index contributed by atoms with van der Waals surface area (Å²) in [5.41, 5.74) is 0.663. The highest BCUT2D eigenvalue weighted by atomic mass is 32.1. The van der Waals surface area contributed by atoms with E-state index in [1.165, 1.54) is 28.8 Å². The normalized spacial score (nSPS) is 16.5. The van der Waals surface area contributed by atoms with Crippen molar-refractivity contribution in [2.45, 2.75) is 19.9 Å². The Morgan fingerprint density at radius 3 is 2.83 bits per heavy atom. The second-order valence-electron chi connectivity index (χ2n) is 7.92. The van der Waals surface area contributed by atoms with Crippen LogP contribution in [0, 0.1) is 10.1 Å². The molecule has 2 aliphatic heterocycles. The van der Waals surface area contributed by atoms with Gasteiger partial charge in [0.2, 0.25) is 6.79 Å². The predicted octanol–water partition coefficient (Wildman–Crippen LogP) is 2.14. The van der Waals surface area contributed by atoms with Crippen molar-refractivity contribution in [1.29, 1.82) is 0 Å². The number of hydrogen-bond donors (Lipinski definition) is 1. The molecule has 184 valence electrons. The van der Waals surface area contributed by atoms with Crippen LogP contribution in [-0.4, -0.2) is 34.0 Å². The van der Waals surface area contributed by atoms with Crippen LogP contribution in [0.25, 0.3) is 6.08 Å². The van der Waals surface area contributed by atoms with E-state index in [1.54, 1.807) is 32.0 Å². The highest BCUT2D eigenvalue weighted by Gasteiger charge is 2.34. The lowest BCUT2D eigenvalue weighted by molar-refractivity contribution is -0.385. The molecule has 3 heterocycles. The minimum atomic E-state index is -0.842. The molecule has 0 spiro atoms. The van der Waals surface area contributed by atoms with E-state index in [2.05, 4.69) is 4.99 Å². The van der Waals surface area contributed by atoms with Crippen LogP contribution in [-0.2, 0) is 9.53 Å². The number of carbonyl (C=O) groups is 1. The number of phenols is 1. The molecular weight excluding hydrogens is 490 g/mol. The number of nitrogens with zero attached hydrogens (tertiary/aromatic N) is 3. The number of nitro benzene ring substituents is 1. The standard InChI is InChI=1S/C24H19N3O8S/c1-3-33-23(30)20-12(2)25-24-26(21(20)14-5-7-17-18(10-14)35-11-34-17)22(29)19(36-24)9-13-4-6-16(28)15(8-13)27(31)32/h4-10,21,28H,3,11H2,1-2H3/b19-9-/t21-/m0/s1. The first-order valence-corrected chi connectivity index (χ1v) is 11.7. The fraction of sp³-hybridized carbons (Fsp3) is 0.208. The number of benzene rings is 2. The van der Waals surface area contributed by atoms with Crippen molar-refractivity contribution in [3.63, 3.8) is 0 Å².